The molecule has 1 rings (SSSR count). The molecule has 0 fully saturated rings. The molecule has 2 nitrogen and oxygen atoms in total. The molecule has 94 valence electrons. The first-order valence-corrected chi connectivity index (χ1v) is 10.6. The number of halogens is 3. The summed E-state index contributed by atoms with van der Waals surface area (Å²) in [6, 6.07) is 7.70. The van der Waals surface area contributed by atoms with Gasteiger partial charge in [0.05, 0.1) is 0 Å². The molecule has 1 aromatic rings. The van der Waals surface area contributed by atoms with Gasteiger partial charge >= 0.3 is 35.3 Å². The number of hydrogen-bond acceptors (Lipinski definition) is 0. The first-order valence-electron chi connectivity index (χ1n) is 4.59. The van der Waals surface area contributed by atoms with E-state index < -0.39 is 16.5 Å². The van der Waals surface area contributed by atoms with E-state index >= 15 is 0 Å². The van der Waals surface area contributed by atoms with Crippen LogP contribution in [0.25, 0.3) is 11.1 Å². The van der Waals surface area contributed by atoms with Gasteiger partial charge in [-0.3, -0.25) is 0 Å². The average Bonchev–Trinajstić information content (AvgIpc) is 2.28. The quantitative estimate of drug-likeness (QED) is 0.551. The van der Waals surface area contributed by atoms with Gasteiger partial charge in [0, 0.05) is 5.02 Å². The fourth-order valence-corrected chi connectivity index (χ4v) is 1.11. The van der Waals surface area contributed by atoms with Crippen LogP contribution in [0.4, 0.5) is 0 Å². The van der Waals surface area contributed by atoms with Gasteiger partial charge in [-0.15, -0.1) is 6.54 Å². The molecule has 0 aliphatic carbocycles. The molecule has 0 saturated carbocycles. The van der Waals surface area contributed by atoms with Crippen LogP contribution < -0.4 is 0 Å². The molecule has 0 spiro atoms. The Bertz CT molecular complexity index is 257. The zero-order chi connectivity index (χ0) is 12.2. The van der Waals surface area contributed by atoms with Crippen molar-refractivity contribution < 1.29 is 16.5 Å². The van der Waals surface area contributed by atoms with E-state index in [9.17, 15) is 0 Å². The Morgan fingerprint density at radius 1 is 1.19 bits per heavy atom. The van der Waals surface area contributed by atoms with Crippen molar-refractivity contribution in [2.24, 2.45) is 0 Å². The minimum atomic E-state index is -0.472. The van der Waals surface area contributed by atoms with Gasteiger partial charge in [-0.2, -0.15) is 13.1 Å². The van der Waals surface area contributed by atoms with Crippen LogP contribution in [-0.4, -0.2) is 13.1 Å². The minimum absolute atomic E-state index is 0.462. The van der Waals surface area contributed by atoms with Gasteiger partial charge in [0.2, 0.25) is 0 Å². The third-order valence-electron chi connectivity index (χ3n) is 1.70. The van der Waals surface area contributed by atoms with Gasteiger partial charge in [-0.1, -0.05) is 35.7 Å². The summed E-state index contributed by atoms with van der Waals surface area (Å²) in [7, 11) is 9.75. The van der Waals surface area contributed by atoms with Crippen LogP contribution in [-0.2, 0) is 23.0 Å². The van der Waals surface area contributed by atoms with Crippen LogP contribution in [0.5, 0.6) is 0 Å². The summed E-state index contributed by atoms with van der Waals surface area (Å²) in [6.45, 7) is 1.98. The summed E-state index contributed by atoms with van der Waals surface area (Å²) >= 11 is 5.27. The van der Waals surface area contributed by atoms with Crippen LogP contribution in [0.3, 0.4) is 0 Å². The number of benzene rings is 1. The van der Waals surface area contributed by atoms with Crippen molar-refractivity contribution in [3.63, 3.8) is 0 Å². The fraction of sp³-hybridized carbons (Fsp3) is 0.400. The van der Waals surface area contributed by atoms with E-state index in [0.717, 1.165) is 24.5 Å². The van der Waals surface area contributed by atoms with Crippen molar-refractivity contribution >= 4 is 30.4 Å². The molecule has 6 heteroatoms. The smallest absolute Gasteiger partial charge is 0.0406 e. The second-order valence-electron chi connectivity index (χ2n) is 2.88. The summed E-state index contributed by atoms with van der Waals surface area (Å²) in [5.74, 6) is 0. The normalized spacial score (nSPS) is 9.75. The van der Waals surface area contributed by atoms with E-state index in [4.69, 9.17) is 36.2 Å². The standard InChI is InChI=1S/C10H13ClN2.2ClH.Pt/c11-10-4-2-9(3-5-10)8-13-7-1-6-12;;;/h2-5,12H,1,6-8H2;2*1H;/q-2;;;+4/p-2. The molecule has 0 aliphatic rings. The van der Waals surface area contributed by atoms with E-state index in [1.165, 1.54) is 5.56 Å². The number of hydrogen-bond donors (Lipinski definition) is 0. The summed E-state index contributed by atoms with van der Waals surface area (Å²) in [5.41, 5.74) is 8.11. The first-order chi connectivity index (χ1) is 7.74. The topological polar surface area (TPSA) is 37.9 Å². The molecule has 16 heavy (non-hydrogen) atoms. The van der Waals surface area contributed by atoms with Crippen molar-refractivity contribution in [3.05, 3.63) is 45.9 Å². The predicted octanol–water partition coefficient (Wildman–Crippen LogP) is 5.03. The number of rotatable bonds is 5. The summed E-state index contributed by atoms with van der Waals surface area (Å²) in [5, 5.41) is 5.06. The van der Waals surface area contributed by atoms with E-state index in [0.29, 0.717) is 6.54 Å². The molecule has 0 saturated heterocycles. The molecular weight excluding hydrogens is 450 g/mol. The molecule has 0 atom stereocenters. The Hall–Kier alpha value is 0.698. The second-order valence-corrected chi connectivity index (χ2v) is 6.60. The minimum Gasteiger partial charge on any atom is -0.677 e. The molecule has 0 radical (unpaired) electrons. The van der Waals surface area contributed by atoms with Crippen LogP contribution in [0.1, 0.15) is 12.0 Å². The Kier molecular flexibility index (Phi) is 12.7. The Morgan fingerprint density at radius 2 is 1.75 bits per heavy atom. The number of nitrogens with zero attached hydrogens (tertiary/aromatic N) is 1. The van der Waals surface area contributed by atoms with E-state index in [2.05, 4.69) is 5.32 Å². The van der Waals surface area contributed by atoms with Crippen LogP contribution in [0.2, 0.25) is 5.02 Å². The maximum atomic E-state index is 6.94. The zero-order valence-corrected chi connectivity index (χ0v) is 13.1. The molecule has 0 aliphatic heterocycles. The Balaban J connectivity index is 0.000000673. The monoisotopic (exact) mass is 461 g/mol. The SMILES string of the molecule is [Cl][Pt+2][Cl].[NH-]CCC[N-]Cc1ccc(Cl)cc1. The molecule has 0 aromatic heterocycles. The number of nitrogens with one attached hydrogen (secondary N) is 1. The molecule has 0 amide bonds. The molecular formula is C10H13Cl3N2Pt. The molecule has 0 bridgehead atoms. The molecule has 1 N–H and O–H groups in total. The maximum absolute atomic E-state index is 6.94. The maximum Gasteiger partial charge on any atom is 0.0406 e. The molecule has 0 unspecified atom stereocenters. The third kappa shape index (κ3) is 9.89. The van der Waals surface area contributed by atoms with Gasteiger partial charge < -0.3 is 11.1 Å². The summed E-state index contributed by atoms with van der Waals surface area (Å²) in [6.07, 6.45) is 0.855. The zero-order valence-electron chi connectivity index (χ0n) is 8.54. The van der Waals surface area contributed by atoms with Gasteiger partial charge in [0.1, 0.15) is 0 Å². The Labute approximate surface area is 118 Å². The van der Waals surface area contributed by atoms with E-state index in [1.54, 1.807) is 0 Å². The van der Waals surface area contributed by atoms with Crippen LogP contribution >= 0.6 is 30.4 Å². The Morgan fingerprint density at radius 3 is 2.25 bits per heavy atom. The average molecular weight is 463 g/mol. The van der Waals surface area contributed by atoms with Crippen molar-refractivity contribution in [2.45, 2.75) is 13.0 Å². The van der Waals surface area contributed by atoms with Gasteiger partial charge in [0.15, 0.2) is 0 Å². The van der Waals surface area contributed by atoms with Crippen LogP contribution in [0.15, 0.2) is 24.3 Å². The van der Waals surface area contributed by atoms with Gasteiger partial charge in [-0.05, 0) is 12.1 Å². The van der Waals surface area contributed by atoms with Crippen molar-refractivity contribution in [3.8, 4) is 0 Å². The molecule has 1 aromatic carbocycles. The van der Waals surface area contributed by atoms with Crippen molar-refractivity contribution in [1.29, 1.82) is 0 Å². The summed E-state index contributed by atoms with van der Waals surface area (Å²) in [4.78, 5) is 0. The molecule has 0 heterocycles. The third-order valence-corrected chi connectivity index (χ3v) is 1.95. The van der Waals surface area contributed by atoms with Crippen molar-refractivity contribution in [1.82, 2.24) is 0 Å². The second kappa shape index (κ2) is 12.2. The van der Waals surface area contributed by atoms with Crippen LogP contribution in [0, 0.1) is 0 Å². The largest absolute Gasteiger partial charge is 0.677 e. The van der Waals surface area contributed by atoms with Gasteiger partial charge in [0.25, 0.3) is 0 Å². The summed E-state index contributed by atoms with van der Waals surface area (Å²) < 4.78 is 0. The first kappa shape index (κ1) is 16.7. The predicted molar refractivity (Wildman–Crippen MR) is 68.9 cm³/mol. The van der Waals surface area contributed by atoms with E-state index in [1.807, 2.05) is 24.3 Å². The van der Waals surface area contributed by atoms with Crippen molar-refractivity contribution in [2.75, 3.05) is 13.1 Å². The van der Waals surface area contributed by atoms with E-state index in [-0.39, 0.29) is 0 Å². The van der Waals surface area contributed by atoms with Gasteiger partial charge in [-0.25, -0.2) is 0 Å². The fourth-order valence-electron chi connectivity index (χ4n) is 0.989.